The Balaban J connectivity index is 1.62. The van der Waals surface area contributed by atoms with Crippen LogP contribution in [0.3, 0.4) is 0 Å². The molecule has 0 saturated carbocycles. The van der Waals surface area contributed by atoms with Gasteiger partial charge in [0, 0.05) is 17.4 Å². The van der Waals surface area contributed by atoms with Gasteiger partial charge in [0.15, 0.2) is 0 Å². The predicted molar refractivity (Wildman–Crippen MR) is 131 cm³/mol. The smallest absolute Gasteiger partial charge is 0.277 e. The SMILES string of the molecule is COc1cccc2cc(C3CC(c4ccc(C)cc4)=NN3C(=O)c3ccccc3F)c(Cl)nc12. The van der Waals surface area contributed by atoms with E-state index < -0.39 is 17.8 Å². The lowest BCUT2D eigenvalue weighted by Crippen LogP contribution is -2.28. The van der Waals surface area contributed by atoms with E-state index in [0.717, 1.165) is 22.2 Å². The molecule has 7 heteroatoms. The number of benzene rings is 3. The standard InChI is InChI=1S/C27H21ClFN3O2/c1-16-10-12-17(13-11-16)22-15-23(32(31-22)27(33)19-7-3-4-8-21(19)29)20-14-18-6-5-9-24(34-2)25(18)30-26(20)28/h3-14,23H,15H2,1-2H3. The lowest BCUT2D eigenvalue weighted by Gasteiger charge is -2.23. The summed E-state index contributed by atoms with van der Waals surface area (Å²) >= 11 is 6.64. The molecule has 5 rings (SSSR count). The Bertz CT molecular complexity index is 1440. The maximum atomic E-state index is 14.5. The van der Waals surface area contributed by atoms with Gasteiger partial charge in [-0.3, -0.25) is 4.79 Å². The Morgan fingerprint density at radius 3 is 2.59 bits per heavy atom. The van der Waals surface area contributed by atoms with E-state index in [2.05, 4.69) is 10.1 Å². The predicted octanol–water partition coefficient (Wildman–Crippen LogP) is 6.34. The summed E-state index contributed by atoms with van der Waals surface area (Å²) < 4.78 is 19.9. The van der Waals surface area contributed by atoms with E-state index in [1.807, 2.05) is 55.5 Å². The van der Waals surface area contributed by atoms with Gasteiger partial charge in [-0.2, -0.15) is 5.10 Å². The van der Waals surface area contributed by atoms with Crippen LogP contribution in [-0.2, 0) is 0 Å². The van der Waals surface area contributed by atoms with Crippen molar-refractivity contribution in [3.8, 4) is 5.75 Å². The summed E-state index contributed by atoms with van der Waals surface area (Å²) in [4.78, 5) is 18.0. The summed E-state index contributed by atoms with van der Waals surface area (Å²) in [5.74, 6) is -0.530. The van der Waals surface area contributed by atoms with Crippen LogP contribution >= 0.6 is 11.6 Å². The average Bonchev–Trinajstić information content (AvgIpc) is 3.29. The van der Waals surface area contributed by atoms with E-state index in [0.29, 0.717) is 23.3 Å². The number of ether oxygens (including phenoxy) is 1. The molecule has 1 aromatic heterocycles. The van der Waals surface area contributed by atoms with Crippen LogP contribution in [0.5, 0.6) is 5.75 Å². The molecule has 1 amide bonds. The summed E-state index contributed by atoms with van der Waals surface area (Å²) in [5.41, 5.74) is 3.95. The average molecular weight is 474 g/mol. The molecular formula is C27H21ClFN3O2. The minimum Gasteiger partial charge on any atom is -0.494 e. The molecule has 0 bridgehead atoms. The van der Waals surface area contributed by atoms with Gasteiger partial charge in [0.1, 0.15) is 22.2 Å². The monoisotopic (exact) mass is 473 g/mol. The summed E-state index contributed by atoms with van der Waals surface area (Å²) in [6.45, 7) is 2.01. The van der Waals surface area contributed by atoms with E-state index in [4.69, 9.17) is 16.3 Å². The molecule has 1 atom stereocenters. The molecule has 1 aliphatic heterocycles. The highest BCUT2D eigenvalue weighted by Crippen LogP contribution is 2.39. The zero-order valence-corrected chi connectivity index (χ0v) is 19.4. The normalized spacial score (nSPS) is 15.5. The fourth-order valence-electron chi connectivity index (χ4n) is 4.18. The number of carbonyl (C=O) groups is 1. The van der Waals surface area contributed by atoms with Crippen molar-refractivity contribution in [2.24, 2.45) is 5.10 Å². The maximum absolute atomic E-state index is 14.5. The number of amides is 1. The second-order valence-electron chi connectivity index (χ2n) is 8.16. The molecule has 1 unspecified atom stereocenters. The molecule has 4 aromatic rings. The Morgan fingerprint density at radius 1 is 1.09 bits per heavy atom. The quantitative estimate of drug-likeness (QED) is 0.325. The van der Waals surface area contributed by atoms with E-state index in [1.165, 1.54) is 17.1 Å². The minimum absolute atomic E-state index is 0.0482. The van der Waals surface area contributed by atoms with Crippen molar-refractivity contribution in [2.75, 3.05) is 7.11 Å². The van der Waals surface area contributed by atoms with Crippen molar-refractivity contribution in [1.82, 2.24) is 9.99 Å². The van der Waals surface area contributed by atoms with Crippen LogP contribution in [0.25, 0.3) is 10.9 Å². The molecule has 0 N–H and O–H groups in total. The molecule has 3 aromatic carbocycles. The molecule has 0 saturated heterocycles. The first-order chi connectivity index (χ1) is 16.5. The third kappa shape index (κ3) is 3.90. The fraction of sp³-hybridized carbons (Fsp3) is 0.148. The number of aromatic nitrogens is 1. The number of hydrazone groups is 1. The van der Waals surface area contributed by atoms with Crippen molar-refractivity contribution < 1.29 is 13.9 Å². The minimum atomic E-state index is -0.599. The van der Waals surface area contributed by atoms with Crippen LogP contribution in [0.1, 0.15) is 39.5 Å². The number of carbonyl (C=O) groups excluding carboxylic acids is 1. The number of rotatable bonds is 4. The van der Waals surface area contributed by atoms with Gasteiger partial charge in [0.25, 0.3) is 5.91 Å². The molecule has 2 heterocycles. The Morgan fingerprint density at radius 2 is 1.85 bits per heavy atom. The Hall–Kier alpha value is -3.77. The number of para-hydroxylation sites is 1. The first-order valence-corrected chi connectivity index (χ1v) is 11.2. The molecule has 0 aliphatic carbocycles. The zero-order chi connectivity index (χ0) is 23.8. The highest BCUT2D eigenvalue weighted by molar-refractivity contribution is 6.30. The molecule has 1 aliphatic rings. The van der Waals surface area contributed by atoms with E-state index in [9.17, 15) is 9.18 Å². The van der Waals surface area contributed by atoms with Crippen molar-refractivity contribution >= 4 is 34.1 Å². The van der Waals surface area contributed by atoms with E-state index >= 15 is 0 Å². The molecule has 170 valence electrons. The second-order valence-corrected chi connectivity index (χ2v) is 8.52. The summed E-state index contributed by atoms with van der Waals surface area (Å²) in [7, 11) is 1.58. The van der Waals surface area contributed by atoms with Gasteiger partial charge in [-0.25, -0.2) is 14.4 Å². The Labute approximate surface area is 201 Å². The van der Waals surface area contributed by atoms with Gasteiger partial charge < -0.3 is 4.74 Å². The van der Waals surface area contributed by atoms with Gasteiger partial charge in [-0.1, -0.05) is 65.7 Å². The first-order valence-electron chi connectivity index (χ1n) is 10.8. The molecule has 34 heavy (non-hydrogen) atoms. The van der Waals surface area contributed by atoms with Crippen LogP contribution < -0.4 is 4.74 Å². The van der Waals surface area contributed by atoms with Gasteiger partial charge in [0.05, 0.1) is 24.4 Å². The van der Waals surface area contributed by atoms with Crippen molar-refractivity contribution in [3.63, 3.8) is 0 Å². The van der Waals surface area contributed by atoms with E-state index in [1.54, 1.807) is 19.2 Å². The van der Waals surface area contributed by atoms with Gasteiger partial charge in [-0.15, -0.1) is 0 Å². The number of hydrogen-bond donors (Lipinski definition) is 0. The maximum Gasteiger partial charge on any atom is 0.277 e. The van der Waals surface area contributed by atoms with Crippen molar-refractivity contribution in [1.29, 1.82) is 0 Å². The third-order valence-corrected chi connectivity index (χ3v) is 6.28. The van der Waals surface area contributed by atoms with Crippen LogP contribution in [0.4, 0.5) is 4.39 Å². The third-order valence-electron chi connectivity index (χ3n) is 5.98. The fourth-order valence-corrected chi connectivity index (χ4v) is 4.45. The highest BCUT2D eigenvalue weighted by Gasteiger charge is 2.36. The number of nitrogens with zero attached hydrogens (tertiary/aromatic N) is 3. The highest BCUT2D eigenvalue weighted by atomic mass is 35.5. The van der Waals surface area contributed by atoms with Gasteiger partial charge >= 0.3 is 0 Å². The molecule has 5 nitrogen and oxygen atoms in total. The zero-order valence-electron chi connectivity index (χ0n) is 18.6. The first kappa shape index (κ1) is 22.0. The molecule has 0 spiro atoms. The lowest BCUT2D eigenvalue weighted by atomic mass is 9.97. The molecule has 0 radical (unpaired) electrons. The van der Waals surface area contributed by atoms with E-state index in [-0.39, 0.29) is 10.7 Å². The number of aryl methyl sites for hydroxylation is 1. The number of halogens is 2. The van der Waals surface area contributed by atoms with Gasteiger partial charge in [-0.05, 0) is 36.8 Å². The number of hydrogen-bond acceptors (Lipinski definition) is 4. The largest absolute Gasteiger partial charge is 0.494 e. The summed E-state index contributed by atoms with van der Waals surface area (Å²) in [5, 5.41) is 7.03. The number of methoxy groups -OCH3 is 1. The van der Waals surface area contributed by atoms with Crippen molar-refractivity contribution in [3.05, 3.63) is 106 Å². The number of fused-ring (bicyclic) bond motifs is 1. The number of pyridine rings is 1. The second kappa shape index (κ2) is 8.88. The van der Waals surface area contributed by atoms with Gasteiger partial charge in [0.2, 0.25) is 0 Å². The molecular weight excluding hydrogens is 453 g/mol. The van der Waals surface area contributed by atoms with Crippen LogP contribution in [0, 0.1) is 12.7 Å². The van der Waals surface area contributed by atoms with Crippen LogP contribution in [0.15, 0.2) is 77.9 Å². The molecule has 0 fully saturated rings. The summed E-state index contributed by atoms with van der Waals surface area (Å²) in [6.07, 6.45) is 0.417. The summed E-state index contributed by atoms with van der Waals surface area (Å²) in [6, 6.07) is 20.8. The lowest BCUT2D eigenvalue weighted by molar-refractivity contribution is 0.0706. The van der Waals surface area contributed by atoms with Crippen LogP contribution in [0.2, 0.25) is 5.15 Å². The van der Waals surface area contributed by atoms with Crippen LogP contribution in [-0.4, -0.2) is 28.7 Å². The van der Waals surface area contributed by atoms with Crippen molar-refractivity contribution in [2.45, 2.75) is 19.4 Å². The Kier molecular flexibility index (Phi) is 5.75. The topological polar surface area (TPSA) is 54.8 Å².